The van der Waals surface area contributed by atoms with Crippen molar-refractivity contribution in [2.24, 2.45) is 0 Å². The molecule has 2 aromatic heterocycles. The number of ether oxygens (including phenoxy) is 2. The third-order valence-electron chi connectivity index (χ3n) is 5.98. The van der Waals surface area contributed by atoms with Crippen molar-refractivity contribution in [3.8, 4) is 11.5 Å². The Morgan fingerprint density at radius 1 is 0.931 bits per heavy atom. The fraction of sp³-hybridized carbons (Fsp3) is 0.304. The number of pyridine rings is 1. The zero-order valence-corrected chi connectivity index (χ0v) is 16.1. The summed E-state index contributed by atoms with van der Waals surface area (Å²) in [7, 11) is 0. The first-order valence-corrected chi connectivity index (χ1v) is 10.3. The molecule has 29 heavy (non-hydrogen) atoms. The number of imidazole rings is 1. The summed E-state index contributed by atoms with van der Waals surface area (Å²) >= 11 is 0. The Hall–Kier alpha value is -3.28. The van der Waals surface area contributed by atoms with Crippen LogP contribution in [0.15, 0.2) is 42.5 Å². The maximum Gasteiger partial charge on any atom is 0.231 e. The van der Waals surface area contributed by atoms with E-state index in [9.17, 15) is 0 Å². The van der Waals surface area contributed by atoms with Gasteiger partial charge < -0.3 is 19.8 Å². The lowest BCUT2D eigenvalue weighted by atomic mass is 9.89. The number of hydrogen-bond acceptors (Lipinski definition) is 5. The van der Waals surface area contributed by atoms with Gasteiger partial charge in [0.05, 0.1) is 5.52 Å². The molecule has 3 heterocycles. The van der Waals surface area contributed by atoms with Crippen LogP contribution >= 0.6 is 0 Å². The molecular formula is C23H22N4O2. The van der Waals surface area contributed by atoms with E-state index in [1.807, 2.05) is 36.4 Å². The Labute approximate surface area is 168 Å². The van der Waals surface area contributed by atoms with Gasteiger partial charge in [-0.05, 0) is 31.0 Å². The second-order valence-corrected chi connectivity index (χ2v) is 7.85. The number of hydrogen-bond donors (Lipinski definition) is 2. The summed E-state index contributed by atoms with van der Waals surface area (Å²) in [6, 6.07) is 14.0. The van der Waals surface area contributed by atoms with Gasteiger partial charge in [0.15, 0.2) is 17.3 Å². The smallest absolute Gasteiger partial charge is 0.231 e. The monoisotopic (exact) mass is 386 g/mol. The van der Waals surface area contributed by atoms with Crippen LogP contribution in [-0.4, -0.2) is 21.7 Å². The first-order chi connectivity index (χ1) is 14.3. The van der Waals surface area contributed by atoms with Crippen molar-refractivity contribution in [1.29, 1.82) is 0 Å². The standard InChI is InChI=1S/C23H22N4O2/c1-2-6-14(7-3-1)22-26-20-16-8-4-5-9-17(16)25-23(21(20)27-22)24-15-10-11-18-19(12-15)29-13-28-18/h4-5,8-12,14H,1-3,6-7,13H2,(H,24,25)(H,26,27). The number of anilines is 2. The third-order valence-corrected chi connectivity index (χ3v) is 5.98. The number of rotatable bonds is 3. The summed E-state index contributed by atoms with van der Waals surface area (Å²) in [5.74, 6) is 3.90. The molecule has 2 N–H and O–H groups in total. The van der Waals surface area contributed by atoms with E-state index in [1.165, 1.54) is 32.1 Å². The average Bonchev–Trinajstić information content (AvgIpc) is 3.42. The first kappa shape index (κ1) is 16.7. The van der Waals surface area contributed by atoms with Crippen LogP contribution in [0.2, 0.25) is 0 Å². The second kappa shape index (κ2) is 6.65. The van der Waals surface area contributed by atoms with Crippen LogP contribution in [0.1, 0.15) is 43.8 Å². The number of para-hydroxylation sites is 1. The minimum atomic E-state index is 0.266. The molecule has 1 aliphatic carbocycles. The summed E-state index contributed by atoms with van der Waals surface area (Å²) in [5, 5.41) is 4.55. The van der Waals surface area contributed by atoms with Crippen molar-refractivity contribution < 1.29 is 9.47 Å². The molecular weight excluding hydrogens is 364 g/mol. The van der Waals surface area contributed by atoms with Gasteiger partial charge in [-0.2, -0.15) is 0 Å². The van der Waals surface area contributed by atoms with Crippen molar-refractivity contribution >= 4 is 33.4 Å². The van der Waals surface area contributed by atoms with E-state index in [2.05, 4.69) is 16.4 Å². The normalized spacial score (nSPS) is 16.6. The van der Waals surface area contributed by atoms with Gasteiger partial charge in [-0.1, -0.05) is 37.5 Å². The van der Waals surface area contributed by atoms with Gasteiger partial charge in [0.2, 0.25) is 6.79 Å². The SMILES string of the molecule is c1ccc2c(c1)nc(Nc1ccc3c(c1)OCO3)c1[nH]c(C3CCCCC3)nc12. The second-order valence-electron chi connectivity index (χ2n) is 7.85. The molecule has 0 unspecified atom stereocenters. The molecule has 0 radical (unpaired) electrons. The van der Waals surface area contributed by atoms with Gasteiger partial charge in [0, 0.05) is 23.1 Å². The number of benzene rings is 2. The van der Waals surface area contributed by atoms with E-state index in [-0.39, 0.29) is 6.79 Å². The van der Waals surface area contributed by atoms with Crippen LogP contribution in [-0.2, 0) is 0 Å². The molecule has 6 rings (SSSR count). The van der Waals surface area contributed by atoms with E-state index in [4.69, 9.17) is 19.4 Å². The quantitative estimate of drug-likeness (QED) is 0.477. The predicted molar refractivity (Wildman–Crippen MR) is 113 cm³/mol. The third kappa shape index (κ3) is 2.87. The largest absolute Gasteiger partial charge is 0.454 e. The van der Waals surface area contributed by atoms with Crippen molar-refractivity contribution in [2.75, 3.05) is 12.1 Å². The van der Waals surface area contributed by atoms with Crippen LogP contribution in [0.25, 0.3) is 21.9 Å². The summed E-state index contributed by atoms with van der Waals surface area (Å²) in [6.07, 6.45) is 6.30. The first-order valence-electron chi connectivity index (χ1n) is 10.3. The summed E-state index contributed by atoms with van der Waals surface area (Å²) in [5.41, 5.74) is 3.79. The number of nitrogens with one attached hydrogen (secondary N) is 2. The predicted octanol–water partition coefficient (Wildman–Crippen LogP) is 5.63. The lowest BCUT2D eigenvalue weighted by molar-refractivity contribution is 0.174. The molecule has 0 atom stereocenters. The summed E-state index contributed by atoms with van der Waals surface area (Å²) in [6.45, 7) is 0.266. The van der Waals surface area contributed by atoms with Crippen molar-refractivity contribution in [1.82, 2.24) is 15.0 Å². The van der Waals surface area contributed by atoms with Crippen molar-refractivity contribution in [3.05, 3.63) is 48.3 Å². The molecule has 0 spiro atoms. The fourth-order valence-electron chi connectivity index (χ4n) is 4.48. The maximum absolute atomic E-state index is 5.52. The Morgan fingerprint density at radius 2 is 1.79 bits per heavy atom. The van der Waals surface area contributed by atoms with Crippen LogP contribution < -0.4 is 14.8 Å². The van der Waals surface area contributed by atoms with Crippen molar-refractivity contribution in [3.63, 3.8) is 0 Å². The van der Waals surface area contributed by atoms with Gasteiger partial charge >= 0.3 is 0 Å². The molecule has 0 amide bonds. The van der Waals surface area contributed by atoms with Crippen molar-refractivity contribution in [2.45, 2.75) is 38.0 Å². The molecule has 6 heteroatoms. The van der Waals surface area contributed by atoms with Gasteiger partial charge in [-0.3, -0.25) is 0 Å². The van der Waals surface area contributed by atoms with Gasteiger partial charge in [0.1, 0.15) is 16.9 Å². The topological polar surface area (TPSA) is 72.1 Å². The average molecular weight is 386 g/mol. The van der Waals surface area contributed by atoms with Gasteiger partial charge in [-0.15, -0.1) is 0 Å². The highest BCUT2D eigenvalue weighted by Crippen LogP contribution is 2.38. The molecule has 1 aliphatic heterocycles. The highest BCUT2D eigenvalue weighted by atomic mass is 16.7. The van der Waals surface area contributed by atoms with E-state index >= 15 is 0 Å². The zero-order chi connectivity index (χ0) is 19.2. The fourth-order valence-corrected chi connectivity index (χ4v) is 4.48. The lowest BCUT2D eigenvalue weighted by Crippen LogP contribution is -2.06. The number of fused-ring (bicyclic) bond motifs is 4. The number of aromatic amines is 1. The molecule has 1 fully saturated rings. The number of H-pyrrole nitrogens is 1. The molecule has 146 valence electrons. The number of nitrogens with zero attached hydrogens (tertiary/aromatic N) is 2. The maximum atomic E-state index is 5.52. The molecule has 2 aliphatic rings. The Bertz CT molecular complexity index is 1210. The van der Waals surface area contributed by atoms with E-state index in [1.54, 1.807) is 0 Å². The molecule has 0 bridgehead atoms. The highest BCUT2D eigenvalue weighted by molar-refractivity contribution is 6.07. The minimum absolute atomic E-state index is 0.266. The summed E-state index contributed by atoms with van der Waals surface area (Å²) in [4.78, 5) is 13.5. The Kier molecular flexibility index (Phi) is 3.82. The van der Waals surface area contributed by atoms with E-state index in [0.717, 1.165) is 50.8 Å². The number of aromatic nitrogens is 3. The van der Waals surface area contributed by atoms with Gasteiger partial charge in [-0.25, -0.2) is 9.97 Å². The van der Waals surface area contributed by atoms with Gasteiger partial charge in [0.25, 0.3) is 0 Å². The molecule has 4 aromatic rings. The minimum Gasteiger partial charge on any atom is -0.454 e. The van der Waals surface area contributed by atoms with Crippen LogP contribution in [0.3, 0.4) is 0 Å². The molecule has 2 aromatic carbocycles. The Balaban J connectivity index is 1.47. The highest BCUT2D eigenvalue weighted by Gasteiger charge is 2.22. The van der Waals surface area contributed by atoms with Crippen LogP contribution in [0.5, 0.6) is 11.5 Å². The van der Waals surface area contributed by atoms with Crippen LogP contribution in [0.4, 0.5) is 11.5 Å². The Morgan fingerprint density at radius 3 is 2.72 bits per heavy atom. The van der Waals surface area contributed by atoms with E-state index < -0.39 is 0 Å². The summed E-state index contributed by atoms with van der Waals surface area (Å²) < 4.78 is 10.9. The molecule has 6 nitrogen and oxygen atoms in total. The van der Waals surface area contributed by atoms with Crippen LogP contribution in [0, 0.1) is 0 Å². The molecule has 0 saturated heterocycles. The molecule has 1 saturated carbocycles. The zero-order valence-electron chi connectivity index (χ0n) is 16.1. The van der Waals surface area contributed by atoms with E-state index in [0.29, 0.717) is 5.92 Å². The lowest BCUT2D eigenvalue weighted by Gasteiger charge is -2.19.